The molecular weight excluding hydrogens is 378 g/mol. The highest BCUT2D eigenvalue weighted by atomic mass is 16.4. The molecule has 1 aromatic rings. The van der Waals surface area contributed by atoms with Crippen LogP contribution in [-0.2, 0) is 4.79 Å². The molecule has 1 aromatic carbocycles. The fourth-order valence-electron chi connectivity index (χ4n) is 6.85. The number of carbonyl (C=O) groups excluding carboxylic acids is 1. The number of hydrogen-bond acceptors (Lipinski definition) is 3. The third-order valence-electron chi connectivity index (χ3n) is 8.25. The first-order valence-corrected chi connectivity index (χ1v) is 11.1. The predicted octanol–water partition coefficient (Wildman–Crippen LogP) is 5.04. The van der Waals surface area contributed by atoms with Gasteiger partial charge in [-0.1, -0.05) is 24.6 Å². The highest BCUT2D eigenvalue weighted by molar-refractivity contribution is 5.93. The van der Waals surface area contributed by atoms with Crippen molar-refractivity contribution < 1.29 is 19.8 Å². The molecule has 0 aliphatic heterocycles. The van der Waals surface area contributed by atoms with Crippen molar-refractivity contribution in [2.75, 3.05) is 5.32 Å². The summed E-state index contributed by atoms with van der Waals surface area (Å²) in [6, 6.07) is 7.70. The van der Waals surface area contributed by atoms with Gasteiger partial charge in [0.15, 0.2) is 5.78 Å². The second kappa shape index (κ2) is 7.09. The summed E-state index contributed by atoms with van der Waals surface area (Å²) in [6.07, 6.45) is 6.83. The van der Waals surface area contributed by atoms with Gasteiger partial charge in [-0.05, 0) is 90.7 Å². The first-order chi connectivity index (χ1) is 14.4. The molecule has 4 aliphatic carbocycles. The third kappa shape index (κ3) is 3.02. The summed E-state index contributed by atoms with van der Waals surface area (Å²) in [4.78, 5) is 23.0. The van der Waals surface area contributed by atoms with Crippen molar-refractivity contribution in [3.8, 4) is 0 Å². The minimum atomic E-state index is -1.07. The van der Waals surface area contributed by atoms with Crippen molar-refractivity contribution in [1.82, 2.24) is 0 Å². The smallest absolute Gasteiger partial charge is 0.409 e. The Hall–Kier alpha value is -2.40. The molecule has 0 bridgehead atoms. The first kappa shape index (κ1) is 19.6. The lowest BCUT2D eigenvalue weighted by Crippen LogP contribution is -2.45. The fourth-order valence-corrected chi connectivity index (χ4v) is 6.85. The van der Waals surface area contributed by atoms with Gasteiger partial charge in [0, 0.05) is 18.0 Å². The normalized spacial score (nSPS) is 35.3. The van der Waals surface area contributed by atoms with Gasteiger partial charge in [-0.2, -0.15) is 0 Å². The van der Waals surface area contributed by atoms with Crippen LogP contribution in [0.15, 0.2) is 47.1 Å². The zero-order valence-electron chi connectivity index (χ0n) is 17.4. The van der Waals surface area contributed by atoms with Gasteiger partial charge in [0.05, 0.1) is 6.10 Å². The first-order valence-electron chi connectivity index (χ1n) is 11.1. The summed E-state index contributed by atoms with van der Waals surface area (Å²) in [5.41, 5.74) is 5.77. The van der Waals surface area contributed by atoms with Crippen molar-refractivity contribution in [3.05, 3.63) is 52.6 Å². The topological polar surface area (TPSA) is 86.6 Å². The van der Waals surface area contributed by atoms with Crippen LogP contribution in [0, 0.1) is 17.3 Å². The predicted molar refractivity (Wildman–Crippen MR) is 114 cm³/mol. The maximum atomic E-state index is 12.0. The van der Waals surface area contributed by atoms with Gasteiger partial charge in [0.2, 0.25) is 0 Å². The number of fused-ring (bicyclic) bond motifs is 4. The Morgan fingerprint density at radius 3 is 2.60 bits per heavy atom. The quantitative estimate of drug-likeness (QED) is 0.641. The minimum Gasteiger partial charge on any atom is -0.465 e. The average molecular weight is 408 g/mol. The number of rotatable bonds is 2. The number of carboxylic acid groups (broad SMARTS) is 1. The summed E-state index contributed by atoms with van der Waals surface area (Å²) in [6.45, 7) is 2.26. The van der Waals surface area contributed by atoms with Gasteiger partial charge >= 0.3 is 6.09 Å². The van der Waals surface area contributed by atoms with Crippen LogP contribution in [0.1, 0.15) is 63.4 Å². The van der Waals surface area contributed by atoms with E-state index in [1.165, 1.54) is 22.3 Å². The molecule has 0 unspecified atom stereocenters. The van der Waals surface area contributed by atoms with Gasteiger partial charge in [0.25, 0.3) is 0 Å². The number of amides is 1. The summed E-state index contributed by atoms with van der Waals surface area (Å²) in [5, 5.41) is 22.3. The second-order valence-corrected chi connectivity index (χ2v) is 9.73. The number of aliphatic hydroxyl groups is 1. The van der Waals surface area contributed by atoms with E-state index in [0.717, 1.165) is 38.5 Å². The summed E-state index contributed by atoms with van der Waals surface area (Å²) in [7, 11) is 0. The van der Waals surface area contributed by atoms with Gasteiger partial charge in [-0.15, -0.1) is 0 Å². The van der Waals surface area contributed by atoms with Crippen molar-refractivity contribution in [1.29, 1.82) is 0 Å². The Kier molecular flexibility index (Phi) is 4.62. The molecule has 4 aliphatic rings. The lowest BCUT2D eigenvalue weighted by Gasteiger charge is -2.52. The second-order valence-electron chi connectivity index (χ2n) is 9.73. The molecule has 5 heteroatoms. The van der Waals surface area contributed by atoms with Crippen LogP contribution in [0.4, 0.5) is 10.5 Å². The maximum absolute atomic E-state index is 12.0. The molecule has 30 heavy (non-hydrogen) atoms. The van der Waals surface area contributed by atoms with E-state index in [0.29, 0.717) is 23.9 Å². The number of aliphatic hydroxyl groups excluding tert-OH is 1. The van der Waals surface area contributed by atoms with E-state index >= 15 is 0 Å². The molecule has 1 amide bonds. The number of nitrogens with one attached hydrogen (secondary N) is 1. The molecule has 5 atom stereocenters. The molecule has 5 nitrogen and oxygen atoms in total. The van der Waals surface area contributed by atoms with Crippen LogP contribution < -0.4 is 5.32 Å². The summed E-state index contributed by atoms with van der Waals surface area (Å²) in [5.74, 6) is 1.40. The van der Waals surface area contributed by atoms with Gasteiger partial charge in [0.1, 0.15) is 0 Å². The molecule has 2 fully saturated rings. The zero-order valence-corrected chi connectivity index (χ0v) is 17.4. The molecule has 2 saturated carbocycles. The fraction of sp³-hybridized carbons (Fsp3) is 0.520. The zero-order chi connectivity index (χ0) is 21.0. The van der Waals surface area contributed by atoms with Gasteiger partial charge < -0.3 is 10.2 Å². The summed E-state index contributed by atoms with van der Waals surface area (Å²) < 4.78 is 0. The Labute approximate surface area is 176 Å². The SMILES string of the molecule is C[C@]12C[C@@H](c3ccc(NC(=O)O)cc3)C3=C4CCC(=O)C=C4CC[C@H]3[C@@H]1CC[C@@H]2O. The Balaban J connectivity index is 1.61. The van der Waals surface area contributed by atoms with Crippen LogP contribution in [0.3, 0.4) is 0 Å². The monoisotopic (exact) mass is 407 g/mol. The lowest BCUT2D eigenvalue weighted by molar-refractivity contribution is -0.114. The Morgan fingerprint density at radius 1 is 1.10 bits per heavy atom. The van der Waals surface area contributed by atoms with Crippen LogP contribution >= 0.6 is 0 Å². The van der Waals surface area contributed by atoms with Crippen LogP contribution in [0.2, 0.25) is 0 Å². The number of hydrogen-bond donors (Lipinski definition) is 3. The van der Waals surface area contributed by atoms with Crippen molar-refractivity contribution in [3.63, 3.8) is 0 Å². The molecule has 5 rings (SSSR count). The molecular formula is C25H29NO4. The molecule has 0 aromatic heterocycles. The largest absolute Gasteiger partial charge is 0.465 e. The summed E-state index contributed by atoms with van der Waals surface area (Å²) >= 11 is 0. The standard InChI is InChI=1S/C25H29NO4/c1-25-13-20(14-2-5-16(6-3-14)26-24(29)30)23-18-9-7-17(27)12-15(18)4-8-19(23)21(25)10-11-22(25)28/h2-3,5-6,12,19-22,26,28H,4,7-11,13H2,1H3,(H,29,30)/t19-,20-,21-,22-,25-/m0/s1. The van der Waals surface area contributed by atoms with E-state index < -0.39 is 6.09 Å². The van der Waals surface area contributed by atoms with Gasteiger partial charge in [-0.25, -0.2) is 4.79 Å². The molecule has 0 spiro atoms. The number of allylic oxidation sites excluding steroid dienone is 4. The lowest BCUT2D eigenvalue weighted by atomic mass is 9.53. The molecule has 0 saturated heterocycles. The van der Waals surface area contributed by atoms with Gasteiger partial charge in [-0.3, -0.25) is 10.1 Å². The average Bonchev–Trinajstić information content (AvgIpc) is 3.01. The van der Waals surface area contributed by atoms with Crippen LogP contribution in [0.5, 0.6) is 0 Å². The molecule has 158 valence electrons. The highest BCUT2D eigenvalue weighted by Crippen LogP contribution is 2.63. The van der Waals surface area contributed by atoms with Crippen LogP contribution in [-0.4, -0.2) is 28.2 Å². The third-order valence-corrected chi connectivity index (χ3v) is 8.25. The number of ketones is 1. The van der Waals surface area contributed by atoms with E-state index in [1.807, 2.05) is 30.3 Å². The molecule has 3 N–H and O–H groups in total. The van der Waals surface area contributed by atoms with Crippen molar-refractivity contribution in [2.24, 2.45) is 17.3 Å². The van der Waals surface area contributed by atoms with E-state index in [1.54, 1.807) is 0 Å². The van der Waals surface area contributed by atoms with Crippen LogP contribution in [0.25, 0.3) is 0 Å². The Morgan fingerprint density at radius 2 is 1.87 bits per heavy atom. The Bertz CT molecular complexity index is 960. The van der Waals surface area contributed by atoms with Crippen molar-refractivity contribution >= 4 is 17.6 Å². The van der Waals surface area contributed by atoms with E-state index in [9.17, 15) is 14.7 Å². The van der Waals surface area contributed by atoms with E-state index in [2.05, 4.69) is 12.2 Å². The minimum absolute atomic E-state index is 0.0942. The molecule has 0 radical (unpaired) electrons. The van der Waals surface area contributed by atoms with E-state index in [-0.39, 0.29) is 23.2 Å². The number of benzene rings is 1. The number of carbonyl (C=O) groups is 2. The van der Waals surface area contributed by atoms with Crippen molar-refractivity contribution in [2.45, 2.75) is 63.9 Å². The number of anilines is 1. The maximum Gasteiger partial charge on any atom is 0.409 e. The van der Waals surface area contributed by atoms with E-state index in [4.69, 9.17) is 5.11 Å². The highest BCUT2D eigenvalue weighted by Gasteiger charge is 2.56. The molecule has 0 heterocycles.